The van der Waals surface area contributed by atoms with Crippen LogP contribution in [0.25, 0.3) is 0 Å². The molecule has 1 unspecified atom stereocenters. The highest BCUT2D eigenvalue weighted by atomic mass is 16.5. The first-order valence-corrected chi connectivity index (χ1v) is 5.55. The maximum atomic E-state index is 11.7. The van der Waals surface area contributed by atoms with Crippen molar-refractivity contribution in [3.05, 3.63) is 18.0 Å². The van der Waals surface area contributed by atoms with Crippen molar-refractivity contribution in [2.75, 3.05) is 18.9 Å². The molecule has 1 aromatic heterocycles. The number of esters is 1. The molecule has 0 amide bonds. The molecule has 0 spiro atoms. The molecule has 1 fully saturated rings. The smallest absolute Gasteiger partial charge is 0.355 e. The average molecular weight is 240 g/mol. The zero-order valence-corrected chi connectivity index (χ0v) is 9.37. The van der Waals surface area contributed by atoms with Crippen LogP contribution in [0.4, 0.5) is 5.69 Å². The van der Waals surface area contributed by atoms with Crippen LogP contribution in [0.3, 0.4) is 0 Å². The van der Waals surface area contributed by atoms with Gasteiger partial charge >= 0.3 is 5.97 Å². The third-order valence-electron chi connectivity index (χ3n) is 2.64. The van der Waals surface area contributed by atoms with Crippen LogP contribution in [0.15, 0.2) is 12.3 Å². The Hall–Kier alpha value is -1.53. The van der Waals surface area contributed by atoms with Crippen LogP contribution < -0.4 is 5.73 Å². The lowest BCUT2D eigenvalue weighted by Gasteiger charge is -2.10. The lowest BCUT2D eigenvalue weighted by Crippen LogP contribution is -2.23. The molecule has 1 aliphatic carbocycles. The number of nitrogens with two attached hydrogens (primary N) is 1. The zero-order valence-electron chi connectivity index (χ0n) is 9.37. The van der Waals surface area contributed by atoms with Gasteiger partial charge in [-0.1, -0.05) is 0 Å². The summed E-state index contributed by atoms with van der Waals surface area (Å²) in [4.78, 5) is 11.7. The molecule has 1 saturated carbocycles. The molecule has 2 rings (SSSR count). The predicted octanol–water partition coefficient (Wildman–Crippen LogP) is -0.0848. The highest BCUT2D eigenvalue weighted by molar-refractivity contribution is 5.89. The average Bonchev–Trinajstić information content (AvgIpc) is 3.09. The molecule has 4 N–H and O–H groups in total. The standard InChI is InChI=1S/C11H16N2O4/c12-7-3-10(13(4-7)8-1-2-8)11(16)17-6-9(15)5-14/h3-4,8-9,14-15H,1-2,5-6,12H2. The molecular formula is C11H16N2O4. The van der Waals surface area contributed by atoms with Gasteiger partial charge < -0.3 is 25.3 Å². The summed E-state index contributed by atoms with van der Waals surface area (Å²) in [6.45, 7) is -0.649. The summed E-state index contributed by atoms with van der Waals surface area (Å²) in [5.74, 6) is -0.527. The van der Waals surface area contributed by atoms with Crippen molar-refractivity contribution in [3.63, 3.8) is 0 Å². The number of aromatic nitrogens is 1. The van der Waals surface area contributed by atoms with Gasteiger partial charge in [-0.25, -0.2) is 4.79 Å². The number of aliphatic hydroxyl groups excluding tert-OH is 2. The number of anilines is 1. The minimum absolute atomic E-state index is 0.217. The van der Waals surface area contributed by atoms with Gasteiger partial charge in [-0.2, -0.15) is 0 Å². The molecule has 6 nitrogen and oxygen atoms in total. The molecule has 0 bridgehead atoms. The van der Waals surface area contributed by atoms with Crippen LogP contribution in [-0.4, -0.2) is 40.1 Å². The molecule has 94 valence electrons. The highest BCUT2D eigenvalue weighted by Gasteiger charge is 2.28. The van der Waals surface area contributed by atoms with Crippen molar-refractivity contribution in [3.8, 4) is 0 Å². The van der Waals surface area contributed by atoms with Crippen LogP contribution in [-0.2, 0) is 4.74 Å². The Labute approximate surface area is 98.6 Å². The van der Waals surface area contributed by atoms with E-state index in [0.717, 1.165) is 12.8 Å². The molecule has 6 heteroatoms. The van der Waals surface area contributed by atoms with Gasteiger partial charge in [0.25, 0.3) is 0 Å². The summed E-state index contributed by atoms with van der Waals surface area (Å²) in [7, 11) is 0. The van der Waals surface area contributed by atoms with E-state index in [9.17, 15) is 4.79 Å². The Bertz CT molecular complexity index is 412. The van der Waals surface area contributed by atoms with Gasteiger partial charge in [-0.05, 0) is 18.9 Å². The molecule has 1 aromatic rings. The summed E-state index contributed by atoms with van der Waals surface area (Å²) in [6, 6.07) is 1.89. The molecule has 0 aliphatic heterocycles. The number of ether oxygens (including phenoxy) is 1. The minimum atomic E-state index is -1.04. The molecule has 1 heterocycles. The second kappa shape index (κ2) is 4.77. The molecule has 0 saturated heterocycles. The van der Waals surface area contributed by atoms with Gasteiger partial charge in [-0.15, -0.1) is 0 Å². The lowest BCUT2D eigenvalue weighted by atomic mass is 10.4. The Morgan fingerprint density at radius 1 is 1.65 bits per heavy atom. The maximum absolute atomic E-state index is 11.7. The largest absolute Gasteiger partial charge is 0.458 e. The number of aliphatic hydroxyl groups is 2. The number of nitrogens with zero attached hydrogens (tertiary/aromatic N) is 1. The fraction of sp³-hybridized carbons (Fsp3) is 0.545. The Balaban J connectivity index is 2.03. The van der Waals surface area contributed by atoms with E-state index >= 15 is 0 Å². The summed E-state index contributed by atoms with van der Waals surface area (Å²) in [6.07, 6.45) is 2.75. The fourth-order valence-corrected chi connectivity index (χ4v) is 1.62. The van der Waals surface area contributed by atoms with E-state index in [1.54, 1.807) is 12.3 Å². The van der Waals surface area contributed by atoms with Crippen molar-refractivity contribution < 1.29 is 19.7 Å². The van der Waals surface area contributed by atoms with Gasteiger partial charge in [-0.3, -0.25) is 0 Å². The number of nitrogen functional groups attached to an aromatic ring is 1. The molecule has 0 radical (unpaired) electrons. The number of hydrogen-bond donors (Lipinski definition) is 3. The molecule has 1 aliphatic rings. The number of carbonyl (C=O) groups excluding carboxylic acids is 1. The summed E-state index contributed by atoms with van der Waals surface area (Å²) in [5.41, 5.74) is 6.57. The van der Waals surface area contributed by atoms with Crippen molar-refractivity contribution in [1.29, 1.82) is 0 Å². The third kappa shape index (κ3) is 2.78. The van der Waals surface area contributed by atoms with E-state index in [4.69, 9.17) is 20.7 Å². The molecule has 0 aromatic carbocycles. The van der Waals surface area contributed by atoms with E-state index in [2.05, 4.69) is 0 Å². The molecule has 17 heavy (non-hydrogen) atoms. The lowest BCUT2D eigenvalue weighted by molar-refractivity contribution is 0.00852. The molecule has 1 atom stereocenters. The summed E-state index contributed by atoms with van der Waals surface area (Å²) >= 11 is 0. The SMILES string of the molecule is Nc1cc(C(=O)OCC(O)CO)n(C2CC2)c1. The van der Waals surface area contributed by atoms with Crippen LogP contribution in [0.2, 0.25) is 0 Å². The van der Waals surface area contributed by atoms with Crippen LogP contribution in [0.1, 0.15) is 29.4 Å². The van der Waals surface area contributed by atoms with Crippen molar-refractivity contribution in [1.82, 2.24) is 4.57 Å². The number of hydrogen-bond acceptors (Lipinski definition) is 5. The first kappa shape index (κ1) is 11.9. The Kier molecular flexibility index (Phi) is 3.35. The van der Waals surface area contributed by atoms with Gasteiger partial charge in [0, 0.05) is 12.2 Å². The van der Waals surface area contributed by atoms with E-state index in [-0.39, 0.29) is 6.61 Å². The number of rotatable bonds is 5. The Morgan fingerprint density at radius 2 is 2.35 bits per heavy atom. The van der Waals surface area contributed by atoms with E-state index < -0.39 is 18.7 Å². The van der Waals surface area contributed by atoms with Gasteiger partial charge in [0.05, 0.1) is 12.3 Å². The van der Waals surface area contributed by atoms with Crippen LogP contribution in [0, 0.1) is 0 Å². The van der Waals surface area contributed by atoms with Crippen molar-refractivity contribution in [2.24, 2.45) is 0 Å². The highest BCUT2D eigenvalue weighted by Crippen LogP contribution is 2.37. The van der Waals surface area contributed by atoms with Crippen LogP contribution in [0.5, 0.6) is 0 Å². The van der Waals surface area contributed by atoms with E-state index in [0.29, 0.717) is 17.4 Å². The third-order valence-corrected chi connectivity index (χ3v) is 2.64. The van der Waals surface area contributed by atoms with Crippen LogP contribution >= 0.6 is 0 Å². The predicted molar refractivity (Wildman–Crippen MR) is 60.5 cm³/mol. The fourth-order valence-electron chi connectivity index (χ4n) is 1.62. The second-order valence-electron chi connectivity index (χ2n) is 4.23. The normalized spacial score (nSPS) is 16.8. The number of carbonyl (C=O) groups is 1. The monoisotopic (exact) mass is 240 g/mol. The van der Waals surface area contributed by atoms with Gasteiger partial charge in [0.15, 0.2) is 0 Å². The summed E-state index contributed by atoms with van der Waals surface area (Å²) < 4.78 is 6.70. The maximum Gasteiger partial charge on any atom is 0.355 e. The topological polar surface area (TPSA) is 97.7 Å². The van der Waals surface area contributed by atoms with Crippen molar-refractivity contribution >= 4 is 11.7 Å². The van der Waals surface area contributed by atoms with E-state index in [1.165, 1.54) is 0 Å². The summed E-state index contributed by atoms with van der Waals surface area (Å²) in [5, 5.41) is 17.7. The van der Waals surface area contributed by atoms with E-state index in [1.807, 2.05) is 4.57 Å². The minimum Gasteiger partial charge on any atom is -0.458 e. The zero-order chi connectivity index (χ0) is 12.4. The first-order chi connectivity index (χ1) is 8.11. The van der Waals surface area contributed by atoms with Crippen molar-refractivity contribution in [2.45, 2.75) is 25.0 Å². The quantitative estimate of drug-likeness (QED) is 0.625. The van der Waals surface area contributed by atoms with Gasteiger partial charge in [0.1, 0.15) is 18.4 Å². The molecular weight excluding hydrogens is 224 g/mol. The second-order valence-corrected chi connectivity index (χ2v) is 4.23. The first-order valence-electron chi connectivity index (χ1n) is 5.55. The Morgan fingerprint density at radius 3 is 2.94 bits per heavy atom. The van der Waals surface area contributed by atoms with Gasteiger partial charge in [0.2, 0.25) is 0 Å².